The smallest absolute Gasteiger partial charge is 0.170 e. The minimum absolute atomic E-state index is 0.170. The Labute approximate surface area is 91.8 Å². The van der Waals surface area contributed by atoms with E-state index in [9.17, 15) is 26.3 Å². The van der Waals surface area contributed by atoms with Crippen LogP contribution < -0.4 is 0 Å². The van der Waals surface area contributed by atoms with E-state index in [2.05, 4.69) is 0 Å². The lowest BCUT2D eigenvalue weighted by Crippen LogP contribution is -2.34. The average Bonchev–Trinajstić information content (AvgIpc) is 1.97. The first-order valence-corrected chi connectivity index (χ1v) is 4.39. The van der Waals surface area contributed by atoms with Crippen molar-refractivity contribution in [3.8, 4) is 0 Å². The second kappa shape index (κ2) is 4.16. The van der Waals surface area contributed by atoms with Crippen LogP contribution in [0.5, 0.6) is 0 Å². The molecule has 0 saturated carbocycles. The van der Waals surface area contributed by atoms with E-state index >= 15 is 0 Å². The van der Waals surface area contributed by atoms with E-state index in [-0.39, 0.29) is 5.02 Å². The van der Waals surface area contributed by atoms with Crippen molar-refractivity contribution in [2.24, 2.45) is 0 Å². The van der Waals surface area contributed by atoms with Crippen LogP contribution in [0, 0.1) is 0 Å². The van der Waals surface area contributed by atoms with Gasteiger partial charge in [-0.15, -0.1) is 0 Å². The summed E-state index contributed by atoms with van der Waals surface area (Å²) in [6.07, 6.45) is -10.8. The molecule has 0 aromatic heterocycles. The second-order valence-electron chi connectivity index (χ2n) is 3.07. The number of hydrogen-bond donors (Lipinski definition) is 0. The van der Waals surface area contributed by atoms with Crippen molar-refractivity contribution < 1.29 is 26.3 Å². The first-order valence-electron chi connectivity index (χ1n) is 4.01. The fourth-order valence-electron chi connectivity index (χ4n) is 1.25. The van der Waals surface area contributed by atoms with Crippen LogP contribution in [0.15, 0.2) is 24.3 Å². The molecule has 7 heteroatoms. The molecule has 0 aliphatic rings. The topological polar surface area (TPSA) is 0 Å². The first kappa shape index (κ1) is 13.2. The number of alkyl halides is 6. The normalized spacial score (nSPS) is 13.2. The van der Waals surface area contributed by atoms with Gasteiger partial charge >= 0.3 is 12.4 Å². The van der Waals surface area contributed by atoms with Gasteiger partial charge in [-0.25, -0.2) is 0 Å². The Morgan fingerprint density at radius 3 is 1.81 bits per heavy atom. The van der Waals surface area contributed by atoms with Gasteiger partial charge in [0.05, 0.1) is 0 Å². The van der Waals surface area contributed by atoms with Crippen LogP contribution >= 0.6 is 11.6 Å². The van der Waals surface area contributed by atoms with Crippen LogP contribution in [-0.4, -0.2) is 12.4 Å². The van der Waals surface area contributed by atoms with Crippen LogP contribution in [0.25, 0.3) is 0 Å². The zero-order valence-corrected chi connectivity index (χ0v) is 8.29. The van der Waals surface area contributed by atoms with Crippen molar-refractivity contribution in [2.45, 2.75) is 18.3 Å². The molecule has 0 N–H and O–H groups in total. The quantitative estimate of drug-likeness (QED) is 0.652. The predicted molar refractivity (Wildman–Crippen MR) is 46.3 cm³/mol. The third-order valence-corrected chi connectivity index (χ3v) is 2.07. The van der Waals surface area contributed by atoms with Crippen molar-refractivity contribution >= 4 is 11.6 Å². The van der Waals surface area contributed by atoms with Gasteiger partial charge < -0.3 is 0 Å². The Bertz CT molecular complexity index is 353. The summed E-state index contributed by atoms with van der Waals surface area (Å²) in [7, 11) is 0. The standard InChI is InChI=1S/C9H5ClF6/c10-6-3-1-2-5(4-6)7(8(11,12)13)9(14,15)16/h1-4,7H. The lowest BCUT2D eigenvalue weighted by atomic mass is 9.98. The highest BCUT2D eigenvalue weighted by Crippen LogP contribution is 2.46. The Balaban J connectivity index is 3.23. The third-order valence-electron chi connectivity index (χ3n) is 1.84. The number of halogens is 7. The van der Waals surface area contributed by atoms with Crippen LogP contribution in [0.3, 0.4) is 0 Å². The number of hydrogen-bond acceptors (Lipinski definition) is 0. The maximum atomic E-state index is 12.3. The van der Waals surface area contributed by atoms with Crippen LogP contribution in [0.1, 0.15) is 11.5 Å². The highest BCUT2D eigenvalue weighted by molar-refractivity contribution is 6.30. The monoisotopic (exact) mass is 262 g/mol. The van der Waals surface area contributed by atoms with Crippen LogP contribution in [0.2, 0.25) is 5.02 Å². The summed E-state index contributed by atoms with van der Waals surface area (Å²) < 4.78 is 73.6. The fourth-order valence-corrected chi connectivity index (χ4v) is 1.45. The summed E-state index contributed by atoms with van der Waals surface area (Å²) in [4.78, 5) is 0. The molecule has 0 amide bonds. The summed E-state index contributed by atoms with van der Waals surface area (Å²) >= 11 is 5.35. The molecule has 0 saturated heterocycles. The average molecular weight is 263 g/mol. The Kier molecular flexibility index (Phi) is 3.42. The number of rotatable bonds is 1. The van der Waals surface area contributed by atoms with E-state index < -0.39 is 23.8 Å². The van der Waals surface area contributed by atoms with Crippen molar-refractivity contribution in [3.63, 3.8) is 0 Å². The summed E-state index contributed by atoms with van der Waals surface area (Å²) in [5, 5.41) is -0.170. The van der Waals surface area contributed by atoms with Gasteiger partial charge in [0, 0.05) is 5.02 Å². The zero-order valence-electron chi connectivity index (χ0n) is 7.53. The minimum Gasteiger partial charge on any atom is -0.170 e. The van der Waals surface area contributed by atoms with Gasteiger partial charge in [0.2, 0.25) is 0 Å². The van der Waals surface area contributed by atoms with Crippen molar-refractivity contribution in [1.82, 2.24) is 0 Å². The molecule has 1 rings (SSSR count). The fraction of sp³-hybridized carbons (Fsp3) is 0.333. The van der Waals surface area contributed by atoms with Gasteiger partial charge in [0.25, 0.3) is 0 Å². The zero-order chi connectivity index (χ0) is 12.6. The van der Waals surface area contributed by atoms with Gasteiger partial charge in [0.15, 0.2) is 5.92 Å². The lowest BCUT2D eigenvalue weighted by Gasteiger charge is -2.23. The van der Waals surface area contributed by atoms with Gasteiger partial charge in [-0.1, -0.05) is 23.7 Å². The summed E-state index contributed by atoms with van der Waals surface area (Å²) in [6.45, 7) is 0. The molecular formula is C9H5ClF6. The molecular weight excluding hydrogens is 258 g/mol. The second-order valence-corrected chi connectivity index (χ2v) is 3.51. The molecule has 0 unspecified atom stereocenters. The third kappa shape index (κ3) is 3.04. The molecule has 0 radical (unpaired) electrons. The SMILES string of the molecule is FC(F)(F)C(c1cccc(Cl)c1)C(F)(F)F. The van der Waals surface area contributed by atoms with Gasteiger partial charge in [-0.3, -0.25) is 0 Å². The molecule has 0 nitrogen and oxygen atoms in total. The minimum atomic E-state index is -5.39. The molecule has 0 fully saturated rings. The van der Waals surface area contributed by atoms with Crippen LogP contribution in [0.4, 0.5) is 26.3 Å². The van der Waals surface area contributed by atoms with E-state index in [0.29, 0.717) is 6.07 Å². The summed E-state index contributed by atoms with van der Waals surface area (Å²) in [5.41, 5.74) is -0.910. The number of benzene rings is 1. The molecule has 0 atom stereocenters. The largest absolute Gasteiger partial charge is 0.404 e. The molecule has 0 bridgehead atoms. The molecule has 0 aliphatic heterocycles. The Hall–Kier alpha value is -0.910. The Morgan fingerprint density at radius 1 is 0.938 bits per heavy atom. The molecule has 0 spiro atoms. The van der Waals surface area contributed by atoms with E-state index in [1.165, 1.54) is 6.07 Å². The van der Waals surface area contributed by atoms with Gasteiger partial charge in [-0.2, -0.15) is 26.3 Å². The van der Waals surface area contributed by atoms with Gasteiger partial charge in [-0.05, 0) is 17.7 Å². The van der Waals surface area contributed by atoms with E-state index in [0.717, 1.165) is 12.1 Å². The summed E-state index contributed by atoms with van der Waals surface area (Å²) in [6, 6.07) is 3.65. The molecule has 0 heterocycles. The lowest BCUT2D eigenvalue weighted by molar-refractivity contribution is -0.253. The molecule has 16 heavy (non-hydrogen) atoms. The highest BCUT2D eigenvalue weighted by atomic mass is 35.5. The molecule has 1 aromatic rings. The van der Waals surface area contributed by atoms with Crippen LogP contribution in [-0.2, 0) is 0 Å². The maximum absolute atomic E-state index is 12.3. The maximum Gasteiger partial charge on any atom is 0.404 e. The molecule has 0 aliphatic carbocycles. The predicted octanol–water partition coefficient (Wildman–Crippen LogP) is 4.55. The first-order chi connectivity index (χ1) is 7.12. The van der Waals surface area contributed by atoms with Crippen molar-refractivity contribution in [1.29, 1.82) is 0 Å². The summed E-state index contributed by atoms with van der Waals surface area (Å²) in [5.74, 6) is -3.50. The van der Waals surface area contributed by atoms with E-state index in [1.54, 1.807) is 0 Å². The van der Waals surface area contributed by atoms with E-state index in [4.69, 9.17) is 11.6 Å². The molecule has 1 aromatic carbocycles. The Morgan fingerprint density at radius 2 is 1.44 bits per heavy atom. The van der Waals surface area contributed by atoms with E-state index in [1.807, 2.05) is 0 Å². The van der Waals surface area contributed by atoms with Crippen molar-refractivity contribution in [2.75, 3.05) is 0 Å². The van der Waals surface area contributed by atoms with Crippen molar-refractivity contribution in [3.05, 3.63) is 34.9 Å². The van der Waals surface area contributed by atoms with Gasteiger partial charge in [0.1, 0.15) is 0 Å². The molecule has 90 valence electrons. The highest BCUT2D eigenvalue weighted by Gasteiger charge is 2.57.